The number of hydrogen-bond donors (Lipinski definition) is 2. The first-order valence-corrected chi connectivity index (χ1v) is 14.9. The number of carbonyl (C=O) groups is 2. The van der Waals surface area contributed by atoms with E-state index < -0.39 is 22.0 Å². The molecule has 9 heteroatoms. The molecule has 0 saturated heterocycles. The lowest BCUT2D eigenvalue weighted by Crippen LogP contribution is -2.42. The maximum Gasteiger partial charge on any atom is 0.333 e. The first-order valence-electron chi connectivity index (χ1n) is 13.4. The number of fused-ring (bicyclic) bond motifs is 1. The molecule has 208 valence electrons. The third kappa shape index (κ3) is 5.80. The van der Waals surface area contributed by atoms with Gasteiger partial charge in [0.1, 0.15) is 0 Å². The fraction of sp³-hybridized carbons (Fsp3) is 0.290. The van der Waals surface area contributed by atoms with E-state index in [-0.39, 0.29) is 22.8 Å². The summed E-state index contributed by atoms with van der Waals surface area (Å²) in [6, 6.07) is 25.0. The maximum absolute atomic E-state index is 13.3. The Morgan fingerprint density at radius 2 is 1.55 bits per heavy atom. The smallest absolute Gasteiger partial charge is 0.333 e. The van der Waals surface area contributed by atoms with Crippen molar-refractivity contribution < 1.29 is 22.7 Å². The molecule has 8 nitrogen and oxygen atoms in total. The van der Waals surface area contributed by atoms with Gasteiger partial charge in [0, 0.05) is 35.6 Å². The standard InChI is InChI=1S/C31H33N3O5S/c1-34-27(21-9-5-3-6-10-21)19-24-15-18-26(20-28(24)34)40(37,38)33-25-16-13-23(14-17-25)30(35)32-29(31(36)39-2)22-11-7-4-8-12-22/h3-12,15,18-20,23,25,29,33H,13-14,16-17H2,1-2H3,(H,32,35)/t23-,25-,29-/m0/s1. The Morgan fingerprint density at radius 3 is 2.20 bits per heavy atom. The molecule has 0 radical (unpaired) electrons. The van der Waals surface area contributed by atoms with Gasteiger partial charge in [-0.05, 0) is 55.0 Å². The average Bonchev–Trinajstić information content (AvgIpc) is 3.32. The van der Waals surface area contributed by atoms with Crippen LogP contribution in [0.1, 0.15) is 37.3 Å². The van der Waals surface area contributed by atoms with Crippen LogP contribution < -0.4 is 10.0 Å². The van der Waals surface area contributed by atoms with Gasteiger partial charge >= 0.3 is 5.97 Å². The van der Waals surface area contributed by atoms with Crippen molar-refractivity contribution in [2.45, 2.75) is 42.7 Å². The Hall–Kier alpha value is -3.95. The zero-order valence-electron chi connectivity index (χ0n) is 22.5. The van der Waals surface area contributed by atoms with Crippen LogP contribution in [-0.2, 0) is 31.4 Å². The highest BCUT2D eigenvalue weighted by Crippen LogP contribution is 2.30. The molecule has 1 aromatic heterocycles. The maximum atomic E-state index is 13.3. The van der Waals surface area contributed by atoms with Gasteiger partial charge in [-0.1, -0.05) is 66.7 Å². The number of sulfonamides is 1. The van der Waals surface area contributed by atoms with E-state index in [1.54, 1.807) is 36.4 Å². The number of rotatable bonds is 8. The highest BCUT2D eigenvalue weighted by atomic mass is 32.2. The van der Waals surface area contributed by atoms with E-state index in [0.29, 0.717) is 31.2 Å². The number of aromatic nitrogens is 1. The fourth-order valence-electron chi connectivity index (χ4n) is 5.43. The fourth-order valence-corrected chi connectivity index (χ4v) is 6.75. The number of nitrogens with one attached hydrogen (secondary N) is 2. The molecular weight excluding hydrogens is 526 g/mol. The first kappa shape index (κ1) is 27.6. The van der Waals surface area contributed by atoms with Gasteiger partial charge in [0.05, 0.1) is 12.0 Å². The number of methoxy groups -OCH3 is 1. The van der Waals surface area contributed by atoms with Crippen LogP contribution in [0, 0.1) is 5.92 Å². The lowest BCUT2D eigenvalue weighted by atomic mass is 9.85. The van der Waals surface area contributed by atoms with E-state index in [0.717, 1.165) is 22.2 Å². The highest BCUT2D eigenvalue weighted by Gasteiger charge is 2.32. The second-order valence-electron chi connectivity index (χ2n) is 10.2. The molecular formula is C31H33N3O5S. The average molecular weight is 560 g/mol. The molecule has 1 atom stereocenters. The minimum atomic E-state index is -3.76. The Kier molecular flexibility index (Phi) is 8.04. The molecule has 5 rings (SSSR count). The third-order valence-electron chi connectivity index (χ3n) is 7.67. The summed E-state index contributed by atoms with van der Waals surface area (Å²) in [5.74, 6) is -1.08. The largest absolute Gasteiger partial charge is 0.467 e. The summed E-state index contributed by atoms with van der Waals surface area (Å²) in [4.78, 5) is 25.6. The number of hydrogen-bond acceptors (Lipinski definition) is 5. The zero-order chi connectivity index (χ0) is 28.3. The molecule has 1 fully saturated rings. The summed E-state index contributed by atoms with van der Waals surface area (Å²) >= 11 is 0. The molecule has 1 saturated carbocycles. The van der Waals surface area contributed by atoms with Crippen LogP contribution in [0.15, 0.2) is 89.8 Å². The van der Waals surface area contributed by atoms with Crippen molar-refractivity contribution in [3.63, 3.8) is 0 Å². The molecule has 1 heterocycles. The number of ether oxygens (including phenoxy) is 1. The van der Waals surface area contributed by atoms with E-state index >= 15 is 0 Å². The van der Waals surface area contributed by atoms with Crippen molar-refractivity contribution in [3.05, 3.63) is 90.5 Å². The summed E-state index contributed by atoms with van der Waals surface area (Å²) in [5.41, 5.74) is 3.55. The Labute approximate surface area is 234 Å². The number of benzene rings is 3. The minimum Gasteiger partial charge on any atom is -0.467 e. The van der Waals surface area contributed by atoms with Crippen molar-refractivity contribution in [2.75, 3.05) is 7.11 Å². The Morgan fingerprint density at radius 1 is 0.900 bits per heavy atom. The van der Waals surface area contributed by atoms with E-state index in [1.807, 2.05) is 54.1 Å². The molecule has 0 aliphatic heterocycles. The third-order valence-corrected chi connectivity index (χ3v) is 9.19. The van der Waals surface area contributed by atoms with Crippen molar-refractivity contribution >= 4 is 32.8 Å². The summed E-state index contributed by atoms with van der Waals surface area (Å²) in [5, 5.41) is 3.79. The van der Waals surface area contributed by atoms with Crippen LogP contribution in [0.2, 0.25) is 0 Å². The van der Waals surface area contributed by atoms with E-state index in [2.05, 4.69) is 16.1 Å². The SMILES string of the molecule is COC(=O)[C@@H](NC(=O)[C@H]1CC[C@H](NS(=O)(=O)c2ccc3cc(-c4ccccc4)n(C)c3c2)CC1)c1ccccc1. The predicted octanol–water partition coefficient (Wildman–Crippen LogP) is 4.71. The minimum absolute atomic E-state index is 0.212. The molecule has 1 amide bonds. The number of nitrogens with zero attached hydrogens (tertiary/aromatic N) is 1. The van der Waals surface area contributed by atoms with Gasteiger partial charge in [0.15, 0.2) is 6.04 Å². The summed E-state index contributed by atoms with van der Waals surface area (Å²) < 4.78 is 36.4. The van der Waals surface area contributed by atoms with Gasteiger partial charge in [-0.25, -0.2) is 17.9 Å². The molecule has 1 aliphatic rings. The Bertz CT molecular complexity index is 1610. The van der Waals surface area contributed by atoms with Gasteiger partial charge in [-0.3, -0.25) is 4.79 Å². The van der Waals surface area contributed by atoms with Crippen LogP contribution in [0.4, 0.5) is 0 Å². The normalized spacial score (nSPS) is 18.2. The quantitative estimate of drug-likeness (QED) is 0.304. The number of esters is 1. The van der Waals surface area contributed by atoms with Crippen LogP contribution in [0.3, 0.4) is 0 Å². The molecule has 1 aliphatic carbocycles. The number of carbonyl (C=O) groups excluding carboxylic acids is 2. The lowest BCUT2D eigenvalue weighted by molar-refractivity contribution is -0.146. The van der Waals surface area contributed by atoms with E-state index in [4.69, 9.17) is 4.74 Å². The van der Waals surface area contributed by atoms with E-state index in [9.17, 15) is 18.0 Å². The lowest BCUT2D eigenvalue weighted by Gasteiger charge is -2.29. The molecule has 3 aromatic carbocycles. The molecule has 2 N–H and O–H groups in total. The van der Waals surface area contributed by atoms with Gasteiger partial charge in [-0.2, -0.15) is 0 Å². The second kappa shape index (κ2) is 11.7. The van der Waals surface area contributed by atoms with Crippen molar-refractivity contribution in [3.8, 4) is 11.3 Å². The second-order valence-corrected chi connectivity index (χ2v) is 11.9. The van der Waals surface area contributed by atoms with Crippen molar-refractivity contribution in [1.82, 2.24) is 14.6 Å². The zero-order valence-corrected chi connectivity index (χ0v) is 23.4. The first-order chi connectivity index (χ1) is 19.3. The number of aryl methyl sites for hydroxylation is 1. The van der Waals surface area contributed by atoms with Crippen molar-refractivity contribution in [2.24, 2.45) is 13.0 Å². The van der Waals surface area contributed by atoms with Crippen LogP contribution in [0.5, 0.6) is 0 Å². The summed E-state index contributed by atoms with van der Waals surface area (Å²) in [6.07, 6.45) is 2.07. The van der Waals surface area contributed by atoms with Crippen LogP contribution >= 0.6 is 0 Å². The molecule has 0 unspecified atom stereocenters. The van der Waals surface area contributed by atoms with Gasteiger partial charge in [-0.15, -0.1) is 0 Å². The van der Waals surface area contributed by atoms with E-state index in [1.165, 1.54) is 7.11 Å². The topological polar surface area (TPSA) is 106 Å². The van der Waals surface area contributed by atoms with Crippen LogP contribution in [-0.4, -0.2) is 38.0 Å². The van der Waals surface area contributed by atoms with Crippen LogP contribution in [0.25, 0.3) is 22.2 Å². The highest BCUT2D eigenvalue weighted by molar-refractivity contribution is 7.89. The molecule has 0 spiro atoms. The van der Waals surface area contributed by atoms with Gasteiger partial charge in [0.25, 0.3) is 0 Å². The molecule has 0 bridgehead atoms. The van der Waals surface area contributed by atoms with Crippen molar-refractivity contribution in [1.29, 1.82) is 0 Å². The summed E-state index contributed by atoms with van der Waals surface area (Å²) in [6.45, 7) is 0. The summed E-state index contributed by atoms with van der Waals surface area (Å²) in [7, 11) is -0.531. The predicted molar refractivity (Wildman–Crippen MR) is 154 cm³/mol. The monoisotopic (exact) mass is 559 g/mol. The van der Waals surface area contributed by atoms with Gasteiger partial charge in [0.2, 0.25) is 15.9 Å². The molecule has 40 heavy (non-hydrogen) atoms. The Balaban J connectivity index is 1.23. The van der Waals surface area contributed by atoms with Gasteiger partial charge < -0.3 is 14.6 Å². The molecule has 4 aromatic rings. The number of amides is 1.